The Morgan fingerprint density at radius 2 is 1.66 bits per heavy atom. The Kier molecular flexibility index (Phi) is 12.2. The van der Waals surface area contributed by atoms with E-state index in [4.69, 9.17) is 51.1 Å². The van der Waals surface area contributed by atoms with Gasteiger partial charge in [0.05, 0.1) is 20.6 Å². The number of ether oxygens (including phenoxy) is 1. The van der Waals surface area contributed by atoms with E-state index in [9.17, 15) is 27.3 Å². The number of likely N-dealkylation sites (tertiary alicyclic amines) is 1. The predicted octanol–water partition coefficient (Wildman–Crippen LogP) is 9.07. The van der Waals surface area contributed by atoms with Crippen molar-refractivity contribution in [2.75, 3.05) is 40.3 Å². The van der Waals surface area contributed by atoms with Crippen LogP contribution in [0.3, 0.4) is 0 Å². The van der Waals surface area contributed by atoms with Gasteiger partial charge < -0.3 is 19.1 Å². The number of nitrogens with zero attached hydrogens (tertiary/aromatic N) is 3. The van der Waals surface area contributed by atoms with Crippen molar-refractivity contribution in [3.63, 3.8) is 0 Å². The van der Waals surface area contributed by atoms with Gasteiger partial charge in [-0.25, -0.2) is 4.79 Å². The summed E-state index contributed by atoms with van der Waals surface area (Å²) in [5, 5.41) is 0.543. The summed E-state index contributed by atoms with van der Waals surface area (Å²) in [6.07, 6.45) is -5.21. The van der Waals surface area contributed by atoms with Crippen LogP contribution >= 0.6 is 46.4 Å². The summed E-state index contributed by atoms with van der Waals surface area (Å²) in [6, 6.07) is 17.3. The first-order valence-electron chi connectivity index (χ1n) is 15.9. The molecule has 1 spiro atoms. The molecule has 2 heterocycles. The molecule has 270 valence electrons. The summed E-state index contributed by atoms with van der Waals surface area (Å²) >= 11 is 24.1. The number of hydrogen-bond donors (Lipinski definition) is 0. The molecule has 0 aromatic heterocycles. The maximum absolute atomic E-state index is 13.9. The van der Waals surface area contributed by atoms with Crippen molar-refractivity contribution in [2.24, 2.45) is 0 Å². The molecule has 0 bridgehead atoms. The van der Waals surface area contributed by atoms with Crippen LogP contribution in [0.5, 0.6) is 5.75 Å². The minimum Gasteiger partial charge on any atom is -0.615 e. The zero-order valence-corrected chi connectivity index (χ0v) is 31.2. The van der Waals surface area contributed by atoms with Crippen molar-refractivity contribution >= 4 is 69.6 Å². The number of carbonyl (C=O) groups is 2. The summed E-state index contributed by atoms with van der Waals surface area (Å²) in [7, 11) is 2.71. The molecule has 2 atom stereocenters. The maximum Gasteiger partial charge on any atom is 0.415 e. The molecule has 1 saturated heterocycles. The largest absolute Gasteiger partial charge is 0.615 e. The number of fused-ring (bicyclic) bond motifs is 2. The summed E-state index contributed by atoms with van der Waals surface area (Å²) in [5.41, 5.74) is 1.28. The number of piperidine rings is 1. The highest BCUT2D eigenvalue weighted by Crippen LogP contribution is 2.49. The van der Waals surface area contributed by atoms with Gasteiger partial charge in [-0.3, -0.25) is 9.69 Å². The summed E-state index contributed by atoms with van der Waals surface area (Å²) in [6.45, 7) is 1.62. The first kappa shape index (κ1) is 38.8. The molecule has 3 aromatic carbocycles. The van der Waals surface area contributed by atoms with Crippen molar-refractivity contribution in [2.45, 2.75) is 54.3 Å². The highest BCUT2D eigenvalue weighted by molar-refractivity contribution is 7.92. The lowest BCUT2D eigenvalue weighted by molar-refractivity contribution is -0.161. The monoisotopic (exact) mass is 791 g/mol. The van der Waals surface area contributed by atoms with Gasteiger partial charge >= 0.3 is 12.3 Å². The Bertz CT molecular complexity index is 1730. The van der Waals surface area contributed by atoms with Gasteiger partial charge in [0, 0.05) is 57.7 Å². The summed E-state index contributed by atoms with van der Waals surface area (Å²) in [5.74, 6) is -0.646. The Balaban J connectivity index is 1.43. The standard InChI is InChI=1S/C35H36Cl4F3N3O4S/c1-43(30(46)20-35(40,41)42)22-33(24-11-12-26(36)28(38)19-24,44(2)32(47)49-29-10-5-9-27(37)31(29)39)13-6-16-45-17-14-34(15-18-45)25-8-4-3-7-23(25)21-50(34)48/h3-5,7-12,19H,6,13-18,20-22H2,1-2H3/t33-,50?/m1/s1. The molecule has 2 aliphatic heterocycles. The van der Waals surface area contributed by atoms with Crippen LogP contribution in [0.25, 0.3) is 0 Å². The van der Waals surface area contributed by atoms with Crippen LogP contribution in [-0.4, -0.2) is 77.7 Å². The molecule has 1 unspecified atom stereocenters. The summed E-state index contributed by atoms with van der Waals surface area (Å²) in [4.78, 5) is 31.2. The van der Waals surface area contributed by atoms with Crippen LogP contribution in [0.1, 0.15) is 48.8 Å². The lowest BCUT2D eigenvalue weighted by atomic mass is 9.82. The number of likely N-dealkylation sites (N-methyl/N-ethyl adjacent to an activating group) is 2. The Hall–Kier alpha value is -2.38. The third-order valence-electron chi connectivity index (χ3n) is 9.72. The van der Waals surface area contributed by atoms with Crippen LogP contribution in [0.15, 0.2) is 60.7 Å². The average Bonchev–Trinajstić information content (AvgIpc) is 3.33. The van der Waals surface area contributed by atoms with E-state index in [0.29, 0.717) is 37.4 Å². The number of benzene rings is 3. The van der Waals surface area contributed by atoms with E-state index in [0.717, 1.165) is 28.9 Å². The van der Waals surface area contributed by atoms with Gasteiger partial charge in [0.25, 0.3) is 0 Å². The van der Waals surface area contributed by atoms with Gasteiger partial charge in [-0.2, -0.15) is 13.2 Å². The Morgan fingerprint density at radius 3 is 2.34 bits per heavy atom. The van der Waals surface area contributed by atoms with E-state index in [1.807, 2.05) is 18.2 Å². The minimum absolute atomic E-state index is 0.00205. The van der Waals surface area contributed by atoms with Crippen LogP contribution < -0.4 is 4.74 Å². The molecule has 1 fully saturated rings. The number of rotatable bonds is 10. The van der Waals surface area contributed by atoms with Gasteiger partial charge in [-0.15, -0.1) is 0 Å². The van der Waals surface area contributed by atoms with E-state index in [2.05, 4.69) is 11.0 Å². The van der Waals surface area contributed by atoms with Crippen LogP contribution in [0.2, 0.25) is 20.1 Å². The molecule has 3 aromatic rings. The van der Waals surface area contributed by atoms with Crippen LogP contribution in [-0.2, 0) is 32.0 Å². The van der Waals surface area contributed by atoms with Crippen LogP contribution in [0, 0.1) is 0 Å². The number of amides is 2. The van der Waals surface area contributed by atoms with Gasteiger partial charge in [0.2, 0.25) is 5.91 Å². The van der Waals surface area contributed by atoms with E-state index in [-0.39, 0.29) is 43.6 Å². The maximum atomic E-state index is 13.9. The number of alkyl halides is 3. The highest BCUT2D eigenvalue weighted by Gasteiger charge is 2.52. The second-order valence-electron chi connectivity index (χ2n) is 12.8. The molecule has 2 aliphatic rings. The van der Waals surface area contributed by atoms with Gasteiger partial charge in [0.1, 0.15) is 17.2 Å². The fourth-order valence-electron chi connectivity index (χ4n) is 6.98. The molecule has 0 saturated carbocycles. The Morgan fingerprint density at radius 1 is 0.960 bits per heavy atom. The van der Waals surface area contributed by atoms with E-state index in [1.165, 1.54) is 37.2 Å². The van der Waals surface area contributed by atoms with Crippen molar-refractivity contribution < 1.29 is 32.0 Å². The van der Waals surface area contributed by atoms with Crippen molar-refractivity contribution in [1.82, 2.24) is 14.7 Å². The lowest BCUT2D eigenvalue weighted by Gasteiger charge is -2.45. The van der Waals surface area contributed by atoms with Gasteiger partial charge in [0.15, 0.2) is 10.5 Å². The molecule has 50 heavy (non-hydrogen) atoms. The highest BCUT2D eigenvalue weighted by atomic mass is 35.5. The third kappa shape index (κ3) is 8.30. The third-order valence-corrected chi connectivity index (χ3v) is 13.3. The van der Waals surface area contributed by atoms with Gasteiger partial charge in [-0.1, -0.05) is 82.8 Å². The van der Waals surface area contributed by atoms with Crippen LogP contribution in [0.4, 0.5) is 18.0 Å². The molecule has 0 N–H and O–H groups in total. The quantitative estimate of drug-likeness (QED) is 0.192. The predicted molar refractivity (Wildman–Crippen MR) is 192 cm³/mol. The first-order chi connectivity index (χ1) is 23.6. The minimum atomic E-state index is -4.74. The number of carbonyl (C=O) groups excluding carboxylic acids is 2. The van der Waals surface area contributed by atoms with Crippen molar-refractivity contribution in [3.05, 3.63) is 97.4 Å². The first-order valence-corrected chi connectivity index (χ1v) is 18.7. The van der Waals surface area contributed by atoms with Crippen molar-refractivity contribution in [1.29, 1.82) is 0 Å². The van der Waals surface area contributed by atoms with E-state index < -0.39 is 41.3 Å². The second kappa shape index (κ2) is 15.7. The zero-order chi connectivity index (χ0) is 36.4. The molecule has 7 nitrogen and oxygen atoms in total. The zero-order valence-electron chi connectivity index (χ0n) is 27.4. The lowest BCUT2D eigenvalue weighted by Crippen LogP contribution is -2.55. The summed E-state index contributed by atoms with van der Waals surface area (Å²) < 4.78 is 58.6. The van der Waals surface area contributed by atoms with Crippen molar-refractivity contribution in [3.8, 4) is 5.75 Å². The molecular weight excluding hydrogens is 757 g/mol. The average molecular weight is 794 g/mol. The molecule has 0 radical (unpaired) electrons. The fraction of sp³-hybridized carbons (Fsp3) is 0.429. The SMILES string of the molecule is CN(C[C@](CCCN1CCC2(CC1)c1ccccc1C[S+]2[O-])(c1ccc(Cl)c(Cl)c1)N(C)C(=O)Oc1cccc(Cl)c1Cl)C(=O)CC(F)(F)F. The van der Waals surface area contributed by atoms with Gasteiger partial charge in [-0.05, 0) is 60.4 Å². The normalized spacial score (nSPS) is 18.4. The smallest absolute Gasteiger partial charge is 0.415 e. The molecule has 2 amide bonds. The molecular formula is C35H36Cl4F3N3O4S. The molecule has 15 heteroatoms. The number of halogens is 7. The van der Waals surface area contributed by atoms with E-state index in [1.54, 1.807) is 18.2 Å². The number of hydrogen-bond acceptors (Lipinski definition) is 5. The fourth-order valence-corrected chi connectivity index (χ4v) is 9.50. The van der Waals surface area contributed by atoms with E-state index >= 15 is 0 Å². The molecule has 5 rings (SSSR count). The topological polar surface area (TPSA) is 76.2 Å². The second-order valence-corrected chi connectivity index (χ2v) is 16.1. The Labute approximate surface area is 312 Å². The molecule has 0 aliphatic carbocycles.